The van der Waals surface area contributed by atoms with E-state index in [9.17, 15) is 20.1 Å². The van der Waals surface area contributed by atoms with Gasteiger partial charge in [-0.2, -0.15) is 0 Å². The van der Waals surface area contributed by atoms with Gasteiger partial charge in [0, 0.05) is 0 Å². The minimum atomic E-state index is -0.744. The number of hydrogen-bond acceptors (Lipinski definition) is 4. The second-order valence-corrected chi connectivity index (χ2v) is 20.6. The smallest absolute Gasteiger partial charge is 0.222 e. The molecule has 0 saturated heterocycles. The summed E-state index contributed by atoms with van der Waals surface area (Å²) in [5.41, 5.74) is 0. The molecule has 0 bridgehead atoms. The fourth-order valence-corrected chi connectivity index (χ4v) is 9.70. The molecule has 0 aliphatic heterocycles. The van der Waals surface area contributed by atoms with Crippen molar-refractivity contribution in [2.24, 2.45) is 0 Å². The van der Waals surface area contributed by atoms with Gasteiger partial charge >= 0.3 is 0 Å². The largest absolute Gasteiger partial charge is 0.394 e. The molecule has 0 fully saturated rings. The zero-order chi connectivity index (χ0) is 45.8. The summed E-state index contributed by atoms with van der Waals surface area (Å²) < 4.78 is 0. The van der Waals surface area contributed by atoms with Crippen LogP contribution in [0.1, 0.15) is 341 Å². The molecule has 0 aliphatic rings. The second kappa shape index (κ2) is 54.0. The lowest BCUT2D eigenvalue weighted by Gasteiger charge is -2.23. The highest BCUT2D eigenvalue weighted by molar-refractivity contribution is 5.76. The average molecular weight is 893 g/mol. The van der Waals surface area contributed by atoms with E-state index in [1.165, 1.54) is 283 Å². The number of aliphatic hydroxyl groups is 3. The number of amides is 1. The standard InChI is InChI=1S/C58H117NO4/c1-3-5-7-9-11-13-15-17-19-20-21-22-23-24-25-26-27-28-29-30-31-32-33-34-35-36-38-39-41-43-45-47-49-51-55(61)53-58(63)59-56(54-60)57(62)52-50-48-46-44-42-40-37-18-16-14-12-10-8-6-4-2/h55-57,60-62H,3-54H2,1-2H3,(H,59,63). The van der Waals surface area contributed by atoms with Crippen LogP contribution in [-0.2, 0) is 4.79 Å². The van der Waals surface area contributed by atoms with Crippen molar-refractivity contribution in [1.29, 1.82) is 0 Å². The Balaban J connectivity index is 3.42. The monoisotopic (exact) mass is 892 g/mol. The van der Waals surface area contributed by atoms with Crippen molar-refractivity contribution < 1.29 is 20.1 Å². The minimum absolute atomic E-state index is 0.0435. The quantitative estimate of drug-likeness (QED) is 0.0458. The van der Waals surface area contributed by atoms with E-state index in [2.05, 4.69) is 19.2 Å². The van der Waals surface area contributed by atoms with Gasteiger partial charge in [-0.25, -0.2) is 0 Å². The van der Waals surface area contributed by atoms with Gasteiger partial charge < -0.3 is 20.6 Å². The van der Waals surface area contributed by atoms with Gasteiger partial charge in [-0.15, -0.1) is 0 Å². The number of aliphatic hydroxyl groups excluding tert-OH is 3. The van der Waals surface area contributed by atoms with Gasteiger partial charge in [-0.05, 0) is 12.8 Å². The summed E-state index contributed by atoms with van der Waals surface area (Å²) >= 11 is 0. The molecule has 4 N–H and O–H groups in total. The number of unbranched alkanes of at least 4 members (excludes halogenated alkanes) is 46. The normalized spacial score (nSPS) is 13.2. The van der Waals surface area contributed by atoms with E-state index in [1.54, 1.807) is 0 Å². The summed E-state index contributed by atoms with van der Waals surface area (Å²) in [4.78, 5) is 12.5. The molecule has 0 rings (SSSR count). The maximum Gasteiger partial charge on any atom is 0.222 e. The highest BCUT2D eigenvalue weighted by atomic mass is 16.3. The van der Waals surface area contributed by atoms with Gasteiger partial charge in [-0.1, -0.05) is 322 Å². The fraction of sp³-hybridized carbons (Fsp3) is 0.983. The van der Waals surface area contributed by atoms with Gasteiger partial charge in [0.2, 0.25) is 5.91 Å². The van der Waals surface area contributed by atoms with Gasteiger partial charge in [0.05, 0.1) is 31.3 Å². The molecular weight excluding hydrogens is 775 g/mol. The maximum absolute atomic E-state index is 12.5. The first-order valence-electron chi connectivity index (χ1n) is 29.3. The number of carbonyl (C=O) groups excluding carboxylic acids is 1. The fourth-order valence-electron chi connectivity index (χ4n) is 9.70. The van der Waals surface area contributed by atoms with Crippen LogP contribution in [0.5, 0.6) is 0 Å². The second-order valence-electron chi connectivity index (χ2n) is 20.6. The van der Waals surface area contributed by atoms with Crippen molar-refractivity contribution in [3.63, 3.8) is 0 Å². The van der Waals surface area contributed by atoms with Crippen LogP contribution in [0.3, 0.4) is 0 Å². The van der Waals surface area contributed by atoms with Crippen LogP contribution in [0.4, 0.5) is 0 Å². The van der Waals surface area contributed by atoms with E-state index < -0.39 is 18.2 Å². The first kappa shape index (κ1) is 62.4. The Morgan fingerprint density at radius 2 is 0.540 bits per heavy atom. The number of hydrogen-bond donors (Lipinski definition) is 4. The molecule has 0 aromatic carbocycles. The number of rotatable bonds is 55. The third-order valence-corrected chi connectivity index (χ3v) is 14.2. The summed E-state index contributed by atoms with van der Waals surface area (Å²) in [6.45, 7) is 4.30. The lowest BCUT2D eigenvalue weighted by molar-refractivity contribution is -0.125. The molecule has 0 spiro atoms. The topological polar surface area (TPSA) is 89.8 Å². The van der Waals surface area contributed by atoms with E-state index in [0.717, 1.165) is 25.7 Å². The van der Waals surface area contributed by atoms with Crippen molar-refractivity contribution in [3.05, 3.63) is 0 Å². The van der Waals surface area contributed by atoms with Crippen molar-refractivity contribution >= 4 is 5.91 Å². The number of nitrogens with one attached hydrogen (secondary N) is 1. The van der Waals surface area contributed by atoms with Crippen LogP contribution >= 0.6 is 0 Å². The van der Waals surface area contributed by atoms with Gasteiger partial charge in [0.1, 0.15) is 0 Å². The van der Waals surface area contributed by atoms with Crippen LogP contribution in [-0.4, -0.2) is 46.1 Å². The molecule has 0 heterocycles. The molecule has 3 atom stereocenters. The molecular formula is C58H117NO4. The molecule has 63 heavy (non-hydrogen) atoms. The van der Waals surface area contributed by atoms with E-state index in [1.807, 2.05) is 0 Å². The molecule has 5 nitrogen and oxygen atoms in total. The molecule has 0 aromatic rings. The maximum atomic E-state index is 12.5. The van der Waals surface area contributed by atoms with Crippen LogP contribution in [0.15, 0.2) is 0 Å². The van der Waals surface area contributed by atoms with Crippen LogP contribution < -0.4 is 5.32 Å². The summed E-state index contributed by atoms with van der Waals surface area (Å²) in [6, 6.07) is -0.653. The molecule has 0 aliphatic carbocycles. The van der Waals surface area contributed by atoms with E-state index in [0.29, 0.717) is 12.8 Å². The van der Waals surface area contributed by atoms with E-state index in [4.69, 9.17) is 0 Å². The van der Waals surface area contributed by atoms with Crippen LogP contribution in [0.25, 0.3) is 0 Å². The Hall–Kier alpha value is -0.650. The van der Waals surface area contributed by atoms with Crippen LogP contribution in [0, 0.1) is 0 Å². The molecule has 378 valence electrons. The molecule has 0 aromatic heterocycles. The zero-order valence-corrected chi connectivity index (χ0v) is 43.3. The Bertz CT molecular complexity index is 853. The SMILES string of the molecule is CCCCCCCCCCCCCCCCCCCCCCCCCCCCCCCCCCCC(O)CC(=O)NC(CO)C(O)CCCCCCCCCCCCCCCCC. The highest BCUT2D eigenvalue weighted by Gasteiger charge is 2.21. The predicted molar refractivity (Wildman–Crippen MR) is 278 cm³/mol. The van der Waals surface area contributed by atoms with Crippen LogP contribution in [0.2, 0.25) is 0 Å². The summed E-state index contributed by atoms with van der Waals surface area (Å²) in [5.74, 6) is -0.275. The Kier molecular flexibility index (Phi) is 53.4. The third-order valence-electron chi connectivity index (χ3n) is 14.2. The van der Waals surface area contributed by atoms with Gasteiger partial charge in [0.15, 0.2) is 0 Å². The molecule has 0 radical (unpaired) electrons. The highest BCUT2D eigenvalue weighted by Crippen LogP contribution is 2.19. The lowest BCUT2D eigenvalue weighted by atomic mass is 10.0. The Labute approximate surface area is 396 Å². The minimum Gasteiger partial charge on any atom is -0.394 e. The lowest BCUT2D eigenvalue weighted by Crippen LogP contribution is -2.46. The van der Waals surface area contributed by atoms with Crippen molar-refractivity contribution in [1.82, 2.24) is 5.32 Å². The first-order valence-corrected chi connectivity index (χ1v) is 29.3. The predicted octanol–water partition coefficient (Wildman–Crippen LogP) is 18.1. The average Bonchev–Trinajstić information content (AvgIpc) is 3.28. The summed E-state index contributed by atoms with van der Waals surface area (Å²) in [7, 11) is 0. The van der Waals surface area contributed by atoms with Gasteiger partial charge in [0.25, 0.3) is 0 Å². The molecule has 1 amide bonds. The Morgan fingerprint density at radius 3 is 0.762 bits per heavy atom. The van der Waals surface area contributed by atoms with Crippen molar-refractivity contribution in [2.45, 2.75) is 360 Å². The first-order chi connectivity index (χ1) is 31.0. The molecule has 3 unspecified atom stereocenters. The van der Waals surface area contributed by atoms with Gasteiger partial charge in [-0.3, -0.25) is 4.79 Å². The van der Waals surface area contributed by atoms with Crippen molar-refractivity contribution in [3.8, 4) is 0 Å². The molecule has 5 heteroatoms. The molecule has 0 saturated carbocycles. The van der Waals surface area contributed by atoms with E-state index >= 15 is 0 Å². The third kappa shape index (κ3) is 50.6. The number of carbonyl (C=O) groups is 1. The summed E-state index contributed by atoms with van der Waals surface area (Å²) in [6.07, 6.45) is 65.7. The van der Waals surface area contributed by atoms with E-state index in [-0.39, 0.29) is 18.9 Å². The Morgan fingerprint density at radius 1 is 0.333 bits per heavy atom. The zero-order valence-electron chi connectivity index (χ0n) is 43.3. The van der Waals surface area contributed by atoms with Crippen molar-refractivity contribution in [2.75, 3.05) is 6.61 Å². The summed E-state index contributed by atoms with van der Waals surface area (Å²) in [5, 5.41) is 33.6.